The van der Waals surface area contributed by atoms with Crippen LogP contribution in [-0.4, -0.2) is 21.0 Å². The van der Waals surface area contributed by atoms with E-state index < -0.39 is 26.1 Å². The number of furan rings is 1. The summed E-state index contributed by atoms with van der Waals surface area (Å²) in [6, 6.07) is 12.2. The Balaban J connectivity index is 1.80. The van der Waals surface area contributed by atoms with Gasteiger partial charge in [-0.25, -0.2) is 0 Å². The van der Waals surface area contributed by atoms with E-state index in [0.717, 1.165) is 18.2 Å². The fraction of sp³-hybridized carbons (Fsp3) is 0. The summed E-state index contributed by atoms with van der Waals surface area (Å²) in [6.07, 6.45) is 1.21. The summed E-state index contributed by atoms with van der Waals surface area (Å²) in [5, 5.41) is 36.8. The summed E-state index contributed by atoms with van der Waals surface area (Å²) in [5.41, 5.74) is 1.60. The molecule has 146 valence electrons. The molecule has 12 heteroatoms. The molecular weight excluding hydrogens is 386 g/mol. The Labute approximate surface area is 161 Å². The minimum absolute atomic E-state index is 0.0534. The van der Waals surface area contributed by atoms with Crippen molar-refractivity contribution in [2.75, 3.05) is 5.43 Å². The van der Waals surface area contributed by atoms with E-state index in [-0.39, 0.29) is 28.5 Å². The number of non-ortho nitro benzene ring substituents is 1. The summed E-state index contributed by atoms with van der Waals surface area (Å²) < 4.78 is 5.51. The van der Waals surface area contributed by atoms with E-state index in [0.29, 0.717) is 0 Å². The number of benzene rings is 2. The van der Waals surface area contributed by atoms with Crippen LogP contribution in [0.2, 0.25) is 0 Å². The molecule has 12 nitrogen and oxygen atoms in total. The molecule has 0 saturated heterocycles. The van der Waals surface area contributed by atoms with Crippen LogP contribution < -0.4 is 5.43 Å². The van der Waals surface area contributed by atoms with Gasteiger partial charge in [0.25, 0.3) is 11.4 Å². The maximum Gasteiger partial charge on any atom is 0.301 e. The molecule has 29 heavy (non-hydrogen) atoms. The van der Waals surface area contributed by atoms with Gasteiger partial charge in [-0.15, -0.1) is 0 Å². The van der Waals surface area contributed by atoms with E-state index in [4.69, 9.17) is 4.42 Å². The van der Waals surface area contributed by atoms with Gasteiger partial charge in [0, 0.05) is 12.1 Å². The van der Waals surface area contributed by atoms with Gasteiger partial charge < -0.3 is 4.42 Å². The van der Waals surface area contributed by atoms with Crippen LogP contribution in [0.5, 0.6) is 0 Å². The predicted molar refractivity (Wildman–Crippen MR) is 102 cm³/mol. The van der Waals surface area contributed by atoms with Crippen LogP contribution in [-0.2, 0) is 0 Å². The molecule has 0 fully saturated rings. The first kappa shape index (κ1) is 19.2. The fourth-order valence-corrected chi connectivity index (χ4v) is 2.45. The minimum Gasteiger partial charge on any atom is -0.455 e. The zero-order valence-electron chi connectivity index (χ0n) is 14.4. The monoisotopic (exact) mass is 397 g/mol. The quantitative estimate of drug-likeness (QED) is 0.353. The minimum atomic E-state index is -0.773. The van der Waals surface area contributed by atoms with E-state index in [9.17, 15) is 30.3 Å². The van der Waals surface area contributed by atoms with Gasteiger partial charge in [-0.2, -0.15) is 5.10 Å². The van der Waals surface area contributed by atoms with Crippen LogP contribution >= 0.6 is 0 Å². The Morgan fingerprint density at radius 1 is 0.862 bits per heavy atom. The number of nitrogens with zero attached hydrogens (tertiary/aromatic N) is 4. The van der Waals surface area contributed by atoms with Crippen molar-refractivity contribution in [2.45, 2.75) is 0 Å². The van der Waals surface area contributed by atoms with Crippen LogP contribution in [0.25, 0.3) is 11.3 Å². The number of hydrogen-bond donors (Lipinski definition) is 1. The Hall–Kier alpha value is -4.61. The van der Waals surface area contributed by atoms with Crippen LogP contribution in [0, 0.1) is 30.3 Å². The van der Waals surface area contributed by atoms with E-state index in [1.54, 1.807) is 6.07 Å². The van der Waals surface area contributed by atoms with Crippen molar-refractivity contribution in [1.29, 1.82) is 0 Å². The van der Waals surface area contributed by atoms with Crippen molar-refractivity contribution in [2.24, 2.45) is 5.10 Å². The predicted octanol–water partition coefficient (Wildman–Crippen LogP) is 4.12. The molecule has 3 rings (SSSR count). The number of nitro benzene ring substituents is 3. The summed E-state index contributed by atoms with van der Waals surface area (Å²) in [6.45, 7) is 0. The second-order valence-electron chi connectivity index (χ2n) is 5.56. The summed E-state index contributed by atoms with van der Waals surface area (Å²) in [4.78, 5) is 30.9. The second-order valence-corrected chi connectivity index (χ2v) is 5.56. The first-order valence-corrected chi connectivity index (χ1v) is 7.92. The van der Waals surface area contributed by atoms with Crippen LogP contribution in [0.3, 0.4) is 0 Å². The molecule has 1 N–H and O–H groups in total. The zero-order valence-corrected chi connectivity index (χ0v) is 14.4. The third-order valence-corrected chi connectivity index (χ3v) is 3.76. The normalized spacial score (nSPS) is 10.8. The number of hydrogen-bond acceptors (Lipinski definition) is 9. The smallest absolute Gasteiger partial charge is 0.301 e. The van der Waals surface area contributed by atoms with Gasteiger partial charge in [0.15, 0.2) is 0 Å². The lowest BCUT2D eigenvalue weighted by Crippen LogP contribution is -1.98. The lowest BCUT2D eigenvalue weighted by atomic mass is 10.1. The molecule has 2 aromatic carbocycles. The number of rotatable bonds is 7. The third kappa shape index (κ3) is 4.21. The topological polar surface area (TPSA) is 167 Å². The van der Waals surface area contributed by atoms with Gasteiger partial charge in [-0.1, -0.05) is 12.1 Å². The number of hydrazone groups is 1. The Bertz CT molecular complexity index is 1140. The summed E-state index contributed by atoms with van der Waals surface area (Å²) in [7, 11) is 0. The molecule has 0 radical (unpaired) electrons. The summed E-state index contributed by atoms with van der Waals surface area (Å²) >= 11 is 0. The maximum absolute atomic E-state index is 11.1. The van der Waals surface area contributed by atoms with Gasteiger partial charge in [0.05, 0.1) is 32.6 Å². The van der Waals surface area contributed by atoms with Gasteiger partial charge >= 0.3 is 5.69 Å². The lowest BCUT2D eigenvalue weighted by molar-refractivity contribution is -0.393. The molecule has 0 aliphatic carbocycles. The Morgan fingerprint density at radius 2 is 1.59 bits per heavy atom. The molecule has 1 heterocycles. The Morgan fingerprint density at radius 3 is 2.28 bits per heavy atom. The number of nitrogens with one attached hydrogen (secondary N) is 1. The van der Waals surface area contributed by atoms with Crippen LogP contribution in [0.15, 0.2) is 64.1 Å². The molecule has 0 atom stereocenters. The standard InChI is InChI=1S/C17H11N5O7/c23-20(24)11-5-7-14(16(9-11)22(27)28)19-18-10-12-6-8-17(29-12)13-3-1-2-4-15(13)21(25)26/h1-10,19H/b18-10-. The van der Waals surface area contributed by atoms with Gasteiger partial charge in [0.1, 0.15) is 17.2 Å². The molecule has 0 saturated carbocycles. The highest BCUT2D eigenvalue weighted by atomic mass is 16.6. The van der Waals surface area contributed by atoms with Crippen molar-refractivity contribution >= 4 is 29.0 Å². The first-order chi connectivity index (χ1) is 13.9. The molecule has 1 aromatic heterocycles. The lowest BCUT2D eigenvalue weighted by Gasteiger charge is -2.01. The van der Waals surface area contributed by atoms with E-state index in [2.05, 4.69) is 10.5 Å². The molecular formula is C17H11N5O7. The van der Waals surface area contributed by atoms with Crippen molar-refractivity contribution in [3.63, 3.8) is 0 Å². The molecule has 0 bridgehead atoms. The van der Waals surface area contributed by atoms with Crippen molar-refractivity contribution in [3.8, 4) is 11.3 Å². The molecule has 0 unspecified atom stereocenters. The first-order valence-electron chi connectivity index (χ1n) is 7.92. The molecule has 0 spiro atoms. The van der Waals surface area contributed by atoms with Gasteiger partial charge in [-0.05, 0) is 24.3 Å². The molecule has 0 aliphatic heterocycles. The highest BCUT2D eigenvalue weighted by molar-refractivity contribution is 5.80. The van der Waals surface area contributed by atoms with Crippen molar-refractivity contribution < 1.29 is 19.2 Å². The van der Waals surface area contributed by atoms with Crippen molar-refractivity contribution in [3.05, 3.63) is 90.7 Å². The van der Waals surface area contributed by atoms with E-state index >= 15 is 0 Å². The average molecular weight is 397 g/mol. The highest BCUT2D eigenvalue weighted by Crippen LogP contribution is 2.31. The summed E-state index contributed by atoms with van der Waals surface area (Å²) in [5.74, 6) is 0.482. The second kappa shape index (κ2) is 7.96. The SMILES string of the molecule is O=[N+]([O-])c1ccc(N/N=C\c2ccc(-c3ccccc3[N+](=O)[O-])o2)c([N+](=O)[O-])c1. The Kier molecular flexibility index (Phi) is 5.26. The van der Waals surface area contributed by atoms with E-state index in [1.165, 1.54) is 36.5 Å². The van der Waals surface area contributed by atoms with Crippen LogP contribution in [0.4, 0.5) is 22.7 Å². The molecule has 0 amide bonds. The maximum atomic E-state index is 11.1. The molecule has 0 aliphatic rings. The number of nitro groups is 3. The van der Waals surface area contributed by atoms with Gasteiger partial charge in [-0.3, -0.25) is 35.8 Å². The zero-order chi connectivity index (χ0) is 21.0. The van der Waals surface area contributed by atoms with E-state index in [1.807, 2.05) is 0 Å². The number of para-hydroxylation sites is 1. The van der Waals surface area contributed by atoms with Crippen molar-refractivity contribution in [1.82, 2.24) is 0 Å². The van der Waals surface area contributed by atoms with Crippen LogP contribution in [0.1, 0.15) is 5.76 Å². The van der Waals surface area contributed by atoms with Gasteiger partial charge in [0.2, 0.25) is 0 Å². The number of anilines is 1. The fourth-order valence-electron chi connectivity index (χ4n) is 2.45. The largest absolute Gasteiger partial charge is 0.455 e. The molecule has 3 aromatic rings. The highest BCUT2D eigenvalue weighted by Gasteiger charge is 2.19. The average Bonchev–Trinajstić information content (AvgIpc) is 3.16. The third-order valence-electron chi connectivity index (χ3n) is 3.76.